The van der Waals surface area contributed by atoms with E-state index in [0.29, 0.717) is 30.3 Å². The van der Waals surface area contributed by atoms with Crippen LogP contribution >= 0.6 is 0 Å². The maximum atomic E-state index is 13.1. The van der Waals surface area contributed by atoms with Crippen LogP contribution in [0.2, 0.25) is 0 Å². The van der Waals surface area contributed by atoms with Gasteiger partial charge in [-0.05, 0) is 59.7 Å². The molecule has 214 valence electrons. The molecule has 5 rings (SSSR count). The SMILES string of the molecule is COc1ccc(-c2nc(N(CCC(=O)NCc3cccc(C(F)(F)F)c3)Cc3ccccc3)c3ccccc3n2)cc1. The van der Waals surface area contributed by atoms with Crippen LogP contribution in [0.4, 0.5) is 19.0 Å². The third kappa shape index (κ3) is 7.04. The Balaban J connectivity index is 1.41. The van der Waals surface area contributed by atoms with Gasteiger partial charge in [0.05, 0.1) is 18.2 Å². The van der Waals surface area contributed by atoms with Crippen molar-refractivity contribution in [1.82, 2.24) is 15.3 Å². The Kier molecular flexibility index (Phi) is 8.66. The van der Waals surface area contributed by atoms with Crippen molar-refractivity contribution in [3.8, 4) is 17.1 Å². The average molecular weight is 571 g/mol. The molecule has 0 radical (unpaired) electrons. The molecule has 0 saturated heterocycles. The smallest absolute Gasteiger partial charge is 0.416 e. The third-order valence-corrected chi connectivity index (χ3v) is 6.80. The number of nitrogens with one attached hydrogen (secondary N) is 1. The molecule has 1 N–H and O–H groups in total. The number of alkyl halides is 3. The molecule has 0 aliphatic rings. The molecule has 1 aromatic heterocycles. The van der Waals surface area contributed by atoms with E-state index in [1.54, 1.807) is 13.2 Å². The number of halogens is 3. The van der Waals surface area contributed by atoms with E-state index in [9.17, 15) is 18.0 Å². The Labute approximate surface area is 241 Å². The molecule has 42 heavy (non-hydrogen) atoms. The summed E-state index contributed by atoms with van der Waals surface area (Å²) in [4.78, 5) is 24.7. The molecule has 0 bridgehead atoms. The van der Waals surface area contributed by atoms with Crippen molar-refractivity contribution in [2.75, 3.05) is 18.6 Å². The second kappa shape index (κ2) is 12.7. The summed E-state index contributed by atoms with van der Waals surface area (Å²) >= 11 is 0. The number of hydrogen-bond donors (Lipinski definition) is 1. The van der Waals surface area contributed by atoms with Gasteiger partial charge in [-0.15, -0.1) is 0 Å². The van der Waals surface area contributed by atoms with Crippen LogP contribution in [0.15, 0.2) is 103 Å². The van der Waals surface area contributed by atoms with Crippen LogP contribution in [0.3, 0.4) is 0 Å². The van der Waals surface area contributed by atoms with Crippen molar-refractivity contribution in [2.45, 2.75) is 25.7 Å². The zero-order valence-corrected chi connectivity index (χ0v) is 22.9. The van der Waals surface area contributed by atoms with Crippen molar-refractivity contribution in [3.05, 3.63) is 120 Å². The molecule has 0 saturated carbocycles. The zero-order chi connectivity index (χ0) is 29.5. The highest BCUT2D eigenvalue weighted by molar-refractivity contribution is 5.91. The van der Waals surface area contributed by atoms with E-state index >= 15 is 0 Å². The van der Waals surface area contributed by atoms with Crippen LogP contribution in [-0.2, 0) is 24.1 Å². The minimum absolute atomic E-state index is 0.000502. The molecule has 4 aromatic carbocycles. The molecule has 0 fully saturated rings. The summed E-state index contributed by atoms with van der Waals surface area (Å²) in [5.41, 5.74) is 2.26. The van der Waals surface area contributed by atoms with Gasteiger partial charge in [-0.2, -0.15) is 13.2 Å². The van der Waals surface area contributed by atoms with Crippen molar-refractivity contribution < 1.29 is 22.7 Å². The number of hydrogen-bond acceptors (Lipinski definition) is 5. The van der Waals surface area contributed by atoms with E-state index in [1.165, 1.54) is 6.07 Å². The highest BCUT2D eigenvalue weighted by atomic mass is 19.4. The van der Waals surface area contributed by atoms with Gasteiger partial charge >= 0.3 is 6.18 Å². The van der Waals surface area contributed by atoms with E-state index in [2.05, 4.69) is 5.32 Å². The minimum atomic E-state index is -4.44. The van der Waals surface area contributed by atoms with Crippen LogP contribution in [-0.4, -0.2) is 29.5 Å². The Bertz CT molecular complexity index is 1660. The standard InChI is InChI=1S/C33H29F3N4O2/c1-42-27-16-14-25(15-17-27)31-38-29-13-6-5-12-28(29)32(39-31)40(22-23-8-3-2-4-9-23)19-18-30(41)37-21-24-10-7-11-26(20-24)33(34,35)36/h2-17,20H,18-19,21-22H2,1H3,(H,37,41). The number of benzene rings is 4. The van der Waals surface area contributed by atoms with Crippen LogP contribution < -0.4 is 15.0 Å². The van der Waals surface area contributed by atoms with E-state index in [1.807, 2.05) is 83.8 Å². The Hall–Kier alpha value is -4.92. The predicted molar refractivity (Wildman–Crippen MR) is 157 cm³/mol. The van der Waals surface area contributed by atoms with Gasteiger partial charge in [-0.3, -0.25) is 4.79 Å². The van der Waals surface area contributed by atoms with Gasteiger partial charge in [0.15, 0.2) is 5.82 Å². The van der Waals surface area contributed by atoms with Crippen molar-refractivity contribution in [3.63, 3.8) is 0 Å². The number of anilines is 1. The first-order valence-electron chi connectivity index (χ1n) is 13.4. The van der Waals surface area contributed by atoms with E-state index in [-0.39, 0.29) is 18.9 Å². The lowest BCUT2D eigenvalue weighted by atomic mass is 10.1. The topological polar surface area (TPSA) is 67.3 Å². The summed E-state index contributed by atoms with van der Waals surface area (Å²) < 4.78 is 44.6. The second-order valence-corrected chi connectivity index (χ2v) is 9.75. The fraction of sp³-hybridized carbons (Fsp3) is 0.182. The number of rotatable bonds is 10. The highest BCUT2D eigenvalue weighted by Crippen LogP contribution is 2.31. The molecule has 1 heterocycles. The van der Waals surface area contributed by atoms with Crippen molar-refractivity contribution in [1.29, 1.82) is 0 Å². The van der Waals surface area contributed by atoms with E-state index in [4.69, 9.17) is 14.7 Å². The molecule has 9 heteroatoms. The molecule has 0 atom stereocenters. The molecule has 5 aromatic rings. The molecule has 0 aliphatic heterocycles. The van der Waals surface area contributed by atoms with Crippen LogP contribution in [0.5, 0.6) is 5.75 Å². The number of fused-ring (bicyclic) bond motifs is 1. The van der Waals surface area contributed by atoms with Gasteiger partial charge in [0.25, 0.3) is 0 Å². The lowest BCUT2D eigenvalue weighted by Crippen LogP contribution is -2.31. The first-order chi connectivity index (χ1) is 20.3. The maximum absolute atomic E-state index is 13.1. The molecule has 0 unspecified atom stereocenters. The van der Waals surface area contributed by atoms with Gasteiger partial charge in [0.2, 0.25) is 5.91 Å². The summed E-state index contributed by atoms with van der Waals surface area (Å²) in [5.74, 6) is 1.67. The summed E-state index contributed by atoms with van der Waals surface area (Å²) in [5, 5.41) is 3.60. The van der Waals surface area contributed by atoms with Gasteiger partial charge in [-0.25, -0.2) is 9.97 Å². The number of ether oxygens (including phenoxy) is 1. The molecule has 0 spiro atoms. The maximum Gasteiger partial charge on any atom is 0.416 e. The van der Waals surface area contributed by atoms with Gasteiger partial charge in [0.1, 0.15) is 11.6 Å². The fourth-order valence-corrected chi connectivity index (χ4v) is 4.62. The summed E-state index contributed by atoms with van der Waals surface area (Å²) in [6, 6.07) is 30.0. The van der Waals surface area contributed by atoms with Gasteiger partial charge < -0.3 is 15.0 Å². The van der Waals surface area contributed by atoms with Crippen LogP contribution in [0.1, 0.15) is 23.1 Å². The van der Waals surface area contributed by atoms with Gasteiger partial charge in [-0.1, -0.05) is 54.6 Å². The number of nitrogens with zero attached hydrogens (tertiary/aromatic N) is 3. The highest BCUT2D eigenvalue weighted by Gasteiger charge is 2.30. The fourth-order valence-electron chi connectivity index (χ4n) is 4.62. The third-order valence-electron chi connectivity index (χ3n) is 6.80. The van der Waals surface area contributed by atoms with Crippen LogP contribution in [0, 0.1) is 0 Å². The van der Waals surface area contributed by atoms with Crippen molar-refractivity contribution >= 4 is 22.6 Å². The molecule has 6 nitrogen and oxygen atoms in total. The molecule has 1 amide bonds. The summed E-state index contributed by atoms with van der Waals surface area (Å²) in [7, 11) is 1.61. The molecular weight excluding hydrogens is 541 g/mol. The summed E-state index contributed by atoms with van der Waals surface area (Å²) in [6.07, 6.45) is -4.33. The zero-order valence-electron chi connectivity index (χ0n) is 22.9. The number of para-hydroxylation sites is 1. The second-order valence-electron chi connectivity index (χ2n) is 9.75. The minimum Gasteiger partial charge on any atom is -0.497 e. The first-order valence-corrected chi connectivity index (χ1v) is 13.4. The Morgan fingerprint density at radius 2 is 1.57 bits per heavy atom. The lowest BCUT2D eigenvalue weighted by molar-refractivity contribution is -0.137. The van der Waals surface area contributed by atoms with Crippen molar-refractivity contribution in [2.24, 2.45) is 0 Å². The predicted octanol–water partition coefficient (Wildman–Crippen LogP) is 7.04. The monoisotopic (exact) mass is 570 g/mol. The van der Waals surface area contributed by atoms with E-state index < -0.39 is 11.7 Å². The average Bonchev–Trinajstić information content (AvgIpc) is 3.02. The summed E-state index contributed by atoms with van der Waals surface area (Å²) in [6.45, 7) is 0.816. The number of amides is 1. The quantitative estimate of drug-likeness (QED) is 0.195. The number of aromatic nitrogens is 2. The Morgan fingerprint density at radius 3 is 2.31 bits per heavy atom. The normalized spacial score (nSPS) is 11.3. The first kappa shape index (κ1) is 28.6. The molecular formula is C33H29F3N4O2. The number of methoxy groups -OCH3 is 1. The lowest BCUT2D eigenvalue weighted by Gasteiger charge is -2.25. The number of carbonyl (C=O) groups excluding carboxylic acids is 1. The van der Waals surface area contributed by atoms with E-state index in [0.717, 1.165) is 39.9 Å². The van der Waals surface area contributed by atoms with Gasteiger partial charge in [0, 0.05) is 37.0 Å². The largest absolute Gasteiger partial charge is 0.497 e. The number of carbonyl (C=O) groups is 1. The molecule has 0 aliphatic carbocycles. The Morgan fingerprint density at radius 1 is 0.857 bits per heavy atom. The van der Waals surface area contributed by atoms with Crippen LogP contribution in [0.25, 0.3) is 22.3 Å².